The number of nitrogens with one attached hydrogen (secondary N) is 1. The van der Waals surface area contributed by atoms with Gasteiger partial charge in [-0.25, -0.2) is 8.78 Å². The largest absolute Gasteiger partial charge is 0.346 e. The van der Waals surface area contributed by atoms with Gasteiger partial charge in [0.15, 0.2) is 11.6 Å². The molecular weight excluding hydrogens is 366 g/mol. The monoisotopic (exact) mass is 384 g/mol. The highest BCUT2D eigenvalue weighted by molar-refractivity contribution is 9.10. The van der Waals surface area contributed by atoms with Gasteiger partial charge in [0.25, 0.3) is 5.91 Å². The molecule has 0 radical (unpaired) electrons. The summed E-state index contributed by atoms with van der Waals surface area (Å²) in [5.74, 6) is -2.20. The van der Waals surface area contributed by atoms with Crippen LogP contribution in [-0.4, -0.2) is 18.0 Å². The molecule has 1 aromatic rings. The molecule has 3 N–H and O–H groups in total. The van der Waals surface area contributed by atoms with Crippen LogP contribution in [0.15, 0.2) is 16.6 Å². The SMILES string of the molecule is CC(C)CC(C)(CN)NC(=O)c1cc(F)c(F)cc1Br.Cl. The molecule has 0 spiro atoms. The Hall–Kier alpha value is -0.720. The lowest BCUT2D eigenvalue weighted by Gasteiger charge is -2.31. The molecule has 3 nitrogen and oxygen atoms in total. The number of halogens is 4. The Morgan fingerprint density at radius 2 is 1.90 bits per heavy atom. The second kappa shape index (κ2) is 8.06. The highest BCUT2D eigenvalue weighted by atomic mass is 79.9. The molecule has 1 rings (SSSR count). The number of rotatable bonds is 5. The molecule has 0 aliphatic heterocycles. The van der Waals surface area contributed by atoms with Gasteiger partial charge >= 0.3 is 0 Å². The summed E-state index contributed by atoms with van der Waals surface area (Å²) in [6, 6.07) is 1.81. The van der Waals surface area contributed by atoms with E-state index in [9.17, 15) is 13.6 Å². The maximum Gasteiger partial charge on any atom is 0.253 e. The van der Waals surface area contributed by atoms with Crippen LogP contribution in [0.1, 0.15) is 37.6 Å². The highest BCUT2D eigenvalue weighted by Crippen LogP contribution is 2.22. The van der Waals surface area contributed by atoms with Crippen molar-refractivity contribution in [1.29, 1.82) is 0 Å². The fourth-order valence-electron chi connectivity index (χ4n) is 2.12. The Bertz CT molecular complexity index is 514. The van der Waals surface area contributed by atoms with Gasteiger partial charge in [-0.1, -0.05) is 13.8 Å². The van der Waals surface area contributed by atoms with Crippen molar-refractivity contribution in [1.82, 2.24) is 5.32 Å². The summed E-state index contributed by atoms with van der Waals surface area (Å²) in [5, 5.41) is 2.80. The van der Waals surface area contributed by atoms with E-state index < -0.39 is 23.1 Å². The molecule has 7 heteroatoms. The van der Waals surface area contributed by atoms with Gasteiger partial charge in [-0.05, 0) is 47.3 Å². The van der Waals surface area contributed by atoms with Crippen LogP contribution in [0.5, 0.6) is 0 Å². The molecule has 1 amide bonds. The number of benzene rings is 1. The maximum absolute atomic E-state index is 13.2. The number of nitrogens with two attached hydrogens (primary N) is 1. The van der Waals surface area contributed by atoms with Crippen molar-refractivity contribution in [2.75, 3.05) is 6.54 Å². The van der Waals surface area contributed by atoms with Crippen LogP contribution in [-0.2, 0) is 0 Å². The Morgan fingerprint density at radius 3 is 2.38 bits per heavy atom. The molecule has 0 heterocycles. The zero-order valence-electron chi connectivity index (χ0n) is 12.2. The summed E-state index contributed by atoms with van der Waals surface area (Å²) >= 11 is 3.06. The molecule has 1 atom stereocenters. The van der Waals surface area contributed by atoms with Crippen molar-refractivity contribution in [2.24, 2.45) is 11.7 Å². The van der Waals surface area contributed by atoms with E-state index in [1.807, 2.05) is 20.8 Å². The van der Waals surface area contributed by atoms with Crippen molar-refractivity contribution in [3.63, 3.8) is 0 Å². The van der Waals surface area contributed by atoms with Crippen molar-refractivity contribution in [2.45, 2.75) is 32.7 Å². The molecular formula is C14H20BrClF2N2O. The van der Waals surface area contributed by atoms with Gasteiger partial charge in [0.05, 0.1) is 5.56 Å². The van der Waals surface area contributed by atoms with Crippen LogP contribution in [0.2, 0.25) is 0 Å². The third-order valence-electron chi connectivity index (χ3n) is 2.98. The molecule has 21 heavy (non-hydrogen) atoms. The van der Waals surface area contributed by atoms with Crippen LogP contribution in [0.4, 0.5) is 8.78 Å². The highest BCUT2D eigenvalue weighted by Gasteiger charge is 2.27. The number of carbonyl (C=O) groups is 1. The Kier molecular flexibility index (Phi) is 7.78. The van der Waals surface area contributed by atoms with Gasteiger partial charge < -0.3 is 11.1 Å². The van der Waals surface area contributed by atoms with Gasteiger partial charge in [0.2, 0.25) is 0 Å². The Morgan fingerprint density at radius 1 is 1.38 bits per heavy atom. The number of amides is 1. The number of carbonyl (C=O) groups excluding carboxylic acids is 1. The third kappa shape index (κ3) is 5.52. The lowest BCUT2D eigenvalue weighted by atomic mass is 9.90. The average molecular weight is 386 g/mol. The van der Waals surface area contributed by atoms with Crippen molar-refractivity contribution >= 4 is 34.2 Å². The molecule has 120 valence electrons. The molecule has 0 aliphatic carbocycles. The molecule has 1 aromatic carbocycles. The molecule has 0 bridgehead atoms. The van der Waals surface area contributed by atoms with Crippen molar-refractivity contribution < 1.29 is 13.6 Å². The molecule has 0 aromatic heterocycles. The van der Waals surface area contributed by atoms with Gasteiger partial charge in [-0.15, -0.1) is 12.4 Å². The standard InChI is InChI=1S/C14H19BrF2N2O.ClH/c1-8(2)6-14(3,7-18)19-13(20)9-4-11(16)12(17)5-10(9)15;/h4-5,8H,6-7,18H2,1-3H3,(H,19,20);1H. The molecule has 0 fully saturated rings. The normalized spacial score (nSPS) is 13.5. The lowest BCUT2D eigenvalue weighted by Crippen LogP contribution is -2.52. The van der Waals surface area contributed by atoms with Crippen LogP contribution in [0.25, 0.3) is 0 Å². The van der Waals surface area contributed by atoms with Crippen LogP contribution in [0.3, 0.4) is 0 Å². The fourth-order valence-corrected chi connectivity index (χ4v) is 2.62. The van der Waals surface area contributed by atoms with Gasteiger partial charge in [0.1, 0.15) is 0 Å². The number of hydrogen-bond acceptors (Lipinski definition) is 2. The summed E-state index contributed by atoms with van der Waals surface area (Å²) in [6.45, 7) is 6.14. The lowest BCUT2D eigenvalue weighted by molar-refractivity contribution is 0.0897. The van der Waals surface area contributed by atoms with Crippen LogP contribution < -0.4 is 11.1 Å². The first kappa shape index (κ1) is 20.3. The maximum atomic E-state index is 13.2. The molecule has 1 unspecified atom stereocenters. The van der Waals surface area contributed by atoms with E-state index >= 15 is 0 Å². The minimum Gasteiger partial charge on any atom is -0.346 e. The summed E-state index contributed by atoms with van der Waals surface area (Å²) in [4.78, 5) is 12.2. The van der Waals surface area contributed by atoms with E-state index in [4.69, 9.17) is 5.73 Å². The van der Waals surface area contributed by atoms with Crippen molar-refractivity contribution in [3.8, 4) is 0 Å². The predicted molar refractivity (Wildman–Crippen MR) is 85.7 cm³/mol. The molecule has 0 saturated heterocycles. The van der Waals surface area contributed by atoms with Gasteiger partial charge in [-0.2, -0.15) is 0 Å². The molecule has 0 aliphatic rings. The first-order valence-corrected chi connectivity index (χ1v) is 7.15. The topological polar surface area (TPSA) is 55.1 Å². The fraction of sp³-hybridized carbons (Fsp3) is 0.500. The smallest absolute Gasteiger partial charge is 0.253 e. The van der Waals surface area contributed by atoms with E-state index in [0.717, 1.165) is 12.1 Å². The van der Waals surface area contributed by atoms with Crippen molar-refractivity contribution in [3.05, 3.63) is 33.8 Å². The predicted octanol–water partition coefficient (Wildman–Crippen LogP) is 3.64. The van der Waals surface area contributed by atoms with E-state index in [1.54, 1.807) is 0 Å². The van der Waals surface area contributed by atoms with Gasteiger partial charge in [0, 0.05) is 16.6 Å². The average Bonchev–Trinajstić information content (AvgIpc) is 2.32. The minimum atomic E-state index is -1.06. The van der Waals surface area contributed by atoms with E-state index in [-0.39, 0.29) is 29.0 Å². The molecule has 0 saturated carbocycles. The second-order valence-electron chi connectivity index (χ2n) is 5.56. The third-order valence-corrected chi connectivity index (χ3v) is 3.64. The zero-order valence-corrected chi connectivity index (χ0v) is 14.6. The first-order chi connectivity index (χ1) is 9.18. The van der Waals surface area contributed by atoms with Gasteiger partial charge in [-0.3, -0.25) is 4.79 Å². The summed E-state index contributed by atoms with van der Waals surface area (Å²) in [7, 11) is 0. The van der Waals surface area contributed by atoms with E-state index in [2.05, 4.69) is 21.2 Å². The van der Waals surface area contributed by atoms with E-state index in [1.165, 1.54) is 0 Å². The Balaban J connectivity index is 0.00000400. The van der Waals surface area contributed by atoms with Crippen LogP contribution >= 0.6 is 28.3 Å². The number of hydrogen-bond donors (Lipinski definition) is 2. The first-order valence-electron chi connectivity index (χ1n) is 6.35. The Labute approximate surface area is 138 Å². The summed E-state index contributed by atoms with van der Waals surface area (Å²) < 4.78 is 26.5. The summed E-state index contributed by atoms with van der Waals surface area (Å²) in [6.07, 6.45) is 0.691. The minimum absolute atomic E-state index is 0. The van der Waals surface area contributed by atoms with E-state index in [0.29, 0.717) is 12.3 Å². The zero-order chi connectivity index (χ0) is 15.5. The van der Waals surface area contributed by atoms with Crippen LogP contribution in [0, 0.1) is 17.6 Å². The quantitative estimate of drug-likeness (QED) is 0.760. The summed E-state index contributed by atoms with van der Waals surface area (Å²) in [5.41, 5.74) is 5.17. The second-order valence-corrected chi connectivity index (χ2v) is 6.42.